The Morgan fingerprint density at radius 2 is 1.57 bits per heavy atom. The molecule has 2 nitrogen and oxygen atoms in total. The van der Waals surface area contributed by atoms with E-state index in [1.165, 1.54) is 0 Å². The van der Waals surface area contributed by atoms with Crippen molar-refractivity contribution in [1.29, 1.82) is 0 Å². The molecule has 0 atom stereocenters. The Bertz CT molecular complexity index is 850. The molecule has 1 N–H and O–H groups in total. The fourth-order valence-electron chi connectivity index (χ4n) is 2.50. The van der Waals surface area contributed by atoms with Gasteiger partial charge in [0.1, 0.15) is 5.82 Å². The van der Waals surface area contributed by atoms with Gasteiger partial charge < -0.3 is 5.32 Å². The number of fused-ring (bicyclic) bond motifs is 1. The van der Waals surface area contributed by atoms with Crippen LogP contribution in [-0.2, 0) is 0 Å². The van der Waals surface area contributed by atoms with Crippen LogP contribution in [0.3, 0.4) is 0 Å². The van der Waals surface area contributed by atoms with Gasteiger partial charge in [0, 0.05) is 21.5 Å². The zero-order valence-electron chi connectivity index (χ0n) is 13.3. The van der Waals surface area contributed by atoms with Crippen molar-refractivity contribution in [3.05, 3.63) is 58.6 Å². The second-order valence-corrected chi connectivity index (χ2v) is 7.36. The van der Waals surface area contributed by atoms with Crippen LogP contribution >= 0.6 is 23.2 Å². The maximum atomic E-state index is 6.74. The van der Waals surface area contributed by atoms with Crippen LogP contribution in [-0.4, -0.2) is 10.5 Å². The van der Waals surface area contributed by atoms with E-state index in [1.54, 1.807) is 0 Å². The highest BCUT2D eigenvalue weighted by Gasteiger charge is 2.19. The maximum Gasteiger partial charge on any atom is 0.136 e. The van der Waals surface area contributed by atoms with Crippen molar-refractivity contribution < 1.29 is 0 Å². The number of benzene rings is 2. The van der Waals surface area contributed by atoms with E-state index < -0.39 is 0 Å². The number of anilines is 1. The third kappa shape index (κ3) is 3.44. The molecule has 0 fully saturated rings. The summed E-state index contributed by atoms with van der Waals surface area (Å²) in [5.74, 6) is 0.781. The molecule has 118 valence electrons. The third-order valence-corrected chi connectivity index (χ3v) is 4.10. The number of nitrogens with zero attached hydrogens (tertiary/aromatic N) is 1. The number of aromatic nitrogens is 1. The predicted molar refractivity (Wildman–Crippen MR) is 101 cm³/mol. The summed E-state index contributed by atoms with van der Waals surface area (Å²) in [6.07, 6.45) is 0. The highest BCUT2D eigenvalue weighted by Crippen LogP contribution is 2.39. The van der Waals surface area contributed by atoms with Gasteiger partial charge in [0.2, 0.25) is 0 Å². The van der Waals surface area contributed by atoms with Crippen LogP contribution in [0.15, 0.2) is 48.5 Å². The topological polar surface area (TPSA) is 24.9 Å². The van der Waals surface area contributed by atoms with Crippen LogP contribution in [0.5, 0.6) is 0 Å². The van der Waals surface area contributed by atoms with E-state index in [9.17, 15) is 0 Å². The number of nitrogens with one attached hydrogen (secondary N) is 1. The summed E-state index contributed by atoms with van der Waals surface area (Å²) in [6.45, 7) is 6.30. The zero-order valence-corrected chi connectivity index (χ0v) is 14.8. The first-order valence-electron chi connectivity index (χ1n) is 7.47. The van der Waals surface area contributed by atoms with Crippen LogP contribution in [0.2, 0.25) is 10.0 Å². The average Bonchev–Trinajstić information content (AvgIpc) is 2.47. The quantitative estimate of drug-likeness (QED) is 0.580. The Balaban J connectivity index is 2.29. The van der Waals surface area contributed by atoms with Crippen molar-refractivity contribution in [1.82, 2.24) is 4.98 Å². The van der Waals surface area contributed by atoms with Gasteiger partial charge >= 0.3 is 0 Å². The summed E-state index contributed by atoms with van der Waals surface area (Å²) in [4.78, 5) is 4.79. The minimum absolute atomic E-state index is 0.125. The van der Waals surface area contributed by atoms with Crippen LogP contribution < -0.4 is 5.32 Å². The highest BCUT2D eigenvalue weighted by atomic mass is 35.5. The molecule has 1 heterocycles. The number of rotatable bonds is 2. The van der Waals surface area contributed by atoms with Crippen molar-refractivity contribution in [3.63, 3.8) is 0 Å². The Labute approximate surface area is 146 Å². The van der Waals surface area contributed by atoms with Crippen molar-refractivity contribution in [2.75, 3.05) is 5.32 Å². The monoisotopic (exact) mass is 344 g/mol. The summed E-state index contributed by atoms with van der Waals surface area (Å²) < 4.78 is 0. The lowest BCUT2D eigenvalue weighted by Crippen LogP contribution is -2.27. The number of pyridine rings is 1. The lowest BCUT2D eigenvalue weighted by atomic mass is 10.0. The molecule has 0 aliphatic heterocycles. The van der Waals surface area contributed by atoms with E-state index in [0.29, 0.717) is 10.0 Å². The van der Waals surface area contributed by atoms with Gasteiger partial charge in [-0.15, -0.1) is 0 Å². The average molecular weight is 345 g/mol. The first-order valence-corrected chi connectivity index (χ1v) is 8.23. The molecule has 3 rings (SSSR count). The predicted octanol–water partition coefficient (Wildman–Crippen LogP) is 6.42. The molecule has 0 bridgehead atoms. The number of hydrogen-bond donors (Lipinski definition) is 1. The SMILES string of the molecule is CC(C)(C)Nc1nc2ccccc2c(Cl)c1-c1ccc(Cl)cc1. The first kappa shape index (κ1) is 16.1. The highest BCUT2D eigenvalue weighted by molar-refractivity contribution is 6.39. The largest absolute Gasteiger partial charge is 0.365 e. The summed E-state index contributed by atoms with van der Waals surface area (Å²) >= 11 is 12.8. The van der Waals surface area contributed by atoms with Crippen LogP contribution in [0.1, 0.15) is 20.8 Å². The van der Waals surface area contributed by atoms with E-state index in [-0.39, 0.29) is 5.54 Å². The zero-order chi connectivity index (χ0) is 16.6. The molecule has 0 spiro atoms. The van der Waals surface area contributed by atoms with E-state index >= 15 is 0 Å². The molecule has 0 radical (unpaired) electrons. The first-order chi connectivity index (χ1) is 10.8. The van der Waals surface area contributed by atoms with Crippen LogP contribution in [0.25, 0.3) is 22.0 Å². The van der Waals surface area contributed by atoms with Gasteiger partial charge in [-0.1, -0.05) is 53.5 Å². The van der Waals surface area contributed by atoms with Gasteiger partial charge in [-0.05, 0) is 44.5 Å². The molecule has 23 heavy (non-hydrogen) atoms. The van der Waals surface area contributed by atoms with Crippen LogP contribution in [0.4, 0.5) is 5.82 Å². The summed E-state index contributed by atoms with van der Waals surface area (Å²) in [5.41, 5.74) is 2.64. The normalized spacial score (nSPS) is 11.7. The molecular weight excluding hydrogens is 327 g/mol. The summed E-state index contributed by atoms with van der Waals surface area (Å²) in [6, 6.07) is 15.6. The lowest BCUT2D eigenvalue weighted by molar-refractivity contribution is 0.631. The minimum atomic E-state index is -0.125. The van der Waals surface area contributed by atoms with E-state index in [2.05, 4.69) is 26.1 Å². The summed E-state index contributed by atoms with van der Waals surface area (Å²) in [7, 11) is 0. The van der Waals surface area contributed by atoms with Crippen molar-refractivity contribution >= 4 is 39.9 Å². The number of para-hydroxylation sites is 1. The fourth-order valence-corrected chi connectivity index (χ4v) is 2.98. The van der Waals surface area contributed by atoms with E-state index in [1.807, 2.05) is 48.5 Å². The van der Waals surface area contributed by atoms with Crippen LogP contribution in [0, 0.1) is 0 Å². The molecule has 3 aromatic rings. The van der Waals surface area contributed by atoms with Crippen molar-refractivity contribution in [2.24, 2.45) is 0 Å². The fraction of sp³-hybridized carbons (Fsp3) is 0.211. The van der Waals surface area contributed by atoms with Crippen molar-refractivity contribution in [3.8, 4) is 11.1 Å². The second-order valence-electron chi connectivity index (χ2n) is 6.55. The molecule has 0 aliphatic carbocycles. The molecule has 4 heteroatoms. The minimum Gasteiger partial charge on any atom is -0.365 e. The Morgan fingerprint density at radius 1 is 0.913 bits per heavy atom. The molecule has 0 saturated heterocycles. The summed E-state index contributed by atoms with van der Waals surface area (Å²) in [5, 5.41) is 5.81. The van der Waals surface area contributed by atoms with Crippen molar-refractivity contribution in [2.45, 2.75) is 26.3 Å². The van der Waals surface area contributed by atoms with Gasteiger partial charge in [0.15, 0.2) is 0 Å². The molecule has 0 amide bonds. The van der Waals surface area contributed by atoms with Gasteiger partial charge in [-0.2, -0.15) is 0 Å². The Kier molecular flexibility index (Phi) is 4.22. The Morgan fingerprint density at radius 3 is 2.22 bits per heavy atom. The van der Waals surface area contributed by atoms with Gasteiger partial charge in [-0.25, -0.2) is 4.98 Å². The van der Waals surface area contributed by atoms with Gasteiger partial charge in [-0.3, -0.25) is 0 Å². The second kappa shape index (κ2) is 6.03. The standard InChI is InChI=1S/C19H18Cl2N2/c1-19(2,3)23-18-16(12-8-10-13(20)11-9-12)17(21)14-6-4-5-7-15(14)22-18/h4-11H,1-3H3,(H,22,23). The molecule has 0 aliphatic rings. The molecule has 0 unspecified atom stereocenters. The molecule has 1 aromatic heterocycles. The maximum absolute atomic E-state index is 6.74. The molecular formula is C19H18Cl2N2. The third-order valence-electron chi connectivity index (χ3n) is 3.46. The molecule has 2 aromatic carbocycles. The number of hydrogen-bond acceptors (Lipinski definition) is 2. The van der Waals surface area contributed by atoms with E-state index in [4.69, 9.17) is 28.2 Å². The smallest absolute Gasteiger partial charge is 0.136 e. The number of halogens is 2. The van der Waals surface area contributed by atoms with E-state index in [0.717, 1.165) is 27.8 Å². The molecule has 0 saturated carbocycles. The lowest BCUT2D eigenvalue weighted by Gasteiger charge is -2.24. The Hall–Kier alpha value is -1.77. The van der Waals surface area contributed by atoms with Gasteiger partial charge in [0.25, 0.3) is 0 Å². The van der Waals surface area contributed by atoms with Gasteiger partial charge in [0.05, 0.1) is 10.5 Å².